The first-order valence-corrected chi connectivity index (χ1v) is 12.6. The molecule has 3 aliphatic rings. The standard InChI is InChI=1S/C27H28F3N5O2/c1-15(20-3-2-4-21(25(20)28)26(29)30)32-24-10-31-33-23-8-7-17(9-22(23)24)35-18-5-6-19(35)12-34(11-18)27(36)16-13-37-14-16/h2-4,7-10,15-16,18-19,26H,5-6,11-14H2,1H3,(H,32,33)/t15-,18?,19?/m1/s1. The maximum absolute atomic E-state index is 14.8. The zero-order valence-corrected chi connectivity index (χ0v) is 20.4. The summed E-state index contributed by atoms with van der Waals surface area (Å²) in [5.74, 6) is -0.714. The molecule has 7 nitrogen and oxygen atoms in total. The number of likely N-dealkylation sites (tertiary alicyclic amines) is 1. The number of fused-ring (bicyclic) bond motifs is 3. The fraction of sp³-hybridized carbons (Fsp3) is 0.444. The summed E-state index contributed by atoms with van der Waals surface area (Å²) in [6.45, 7) is 4.16. The zero-order chi connectivity index (χ0) is 25.7. The van der Waals surface area contributed by atoms with Crippen LogP contribution in [-0.2, 0) is 9.53 Å². The minimum Gasteiger partial charge on any atom is -0.380 e. The van der Waals surface area contributed by atoms with Crippen LogP contribution in [0.4, 0.5) is 24.5 Å². The molecule has 3 aromatic rings. The van der Waals surface area contributed by atoms with E-state index in [1.807, 2.05) is 23.1 Å². The summed E-state index contributed by atoms with van der Waals surface area (Å²) < 4.78 is 46.4. The number of nitrogens with one attached hydrogen (secondary N) is 1. The monoisotopic (exact) mass is 511 g/mol. The number of alkyl halides is 2. The molecule has 37 heavy (non-hydrogen) atoms. The highest BCUT2D eigenvalue weighted by Crippen LogP contribution is 2.38. The minimum absolute atomic E-state index is 0.00737. The number of carbonyl (C=O) groups is 1. The fourth-order valence-electron chi connectivity index (χ4n) is 5.84. The van der Waals surface area contributed by atoms with Crippen LogP contribution in [0.15, 0.2) is 42.6 Å². The van der Waals surface area contributed by atoms with Crippen molar-refractivity contribution in [1.82, 2.24) is 15.1 Å². The number of ether oxygens (including phenoxy) is 1. The first-order valence-electron chi connectivity index (χ1n) is 12.6. The Morgan fingerprint density at radius 1 is 1.11 bits per heavy atom. The molecule has 6 rings (SSSR count). The first-order chi connectivity index (χ1) is 17.9. The molecule has 2 aromatic carbocycles. The number of carbonyl (C=O) groups excluding carboxylic acids is 1. The van der Waals surface area contributed by atoms with Crippen LogP contribution >= 0.6 is 0 Å². The van der Waals surface area contributed by atoms with E-state index in [9.17, 15) is 18.0 Å². The summed E-state index contributed by atoms with van der Waals surface area (Å²) in [7, 11) is 0. The maximum Gasteiger partial charge on any atom is 0.266 e. The van der Waals surface area contributed by atoms with E-state index in [1.54, 1.807) is 13.1 Å². The number of benzene rings is 2. The van der Waals surface area contributed by atoms with Crippen LogP contribution in [0.1, 0.15) is 43.4 Å². The third-order valence-electron chi connectivity index (χ3n) is 7.83. The fourth-order valence-corrected chi connectivity index (χ4v) is 5.84. The molecule has 0 saturated carbocycles. The van der Waals surface area contributed by atoms with Crippen molar-refractivity contribution in [1.29, 1.82) is 0 Å². The second-order valence-corrected chi connectivity index (χ2v) is 10.1. The summed E-state index contributed by atoms with van der Waals surface area (Å²) in [6, 6.07) is 9.94. The molecule has 10 heteroatoms. The molecule has 1 aromatic heterocycles. The van der Waals surface area contributed by atoms with Crippen LogP contribution < -0.4 is 10.2 Å². The van der Waals surface area contributed by atoms with Crippen LogP contribution in [0, 0.1) is 11.7 Å². The Bertz CT molecular complexity index is 1320. The lowest BCUT2D eigenvalue weighted by Crippen LogP contribution is -2.58. The molecule has 2 unspecified atom stereocenters. The van der Waals surface area contributed by atoms with Gasteiger partial charge in [0.25, 0.3) is 6.43 Å². The summed E-state index contributed by atoms with van der Waals surface area (Å²) in [5.41, 5.74) is 1.91. The zero-order valence-electron chi connectivity index (χ0n) is 20.4. The highest BCUT2D eigenvalue weighted by atomic mass is 19.3. The van der Waals surface area contributed by atoms with Gasteiger partial charge < -0.3 is 19.9 Å². The quantitative estimate of drug-likeness (QED) is 0.517. The molecule has 3 atom stereocenters. The van der Waals surface area contributed by atoms with E-state index in [-0.39, 0.29) is 29.5 Å². The summed E-state index contributed by atoms with van der Waals surface area (Å²) in [6.07, 6.45) is 0.726. The maximum atomic E-state index is 14.8. The number of amides is 1. The Labute approximate surface area is 212 Å². The average Bonchev–Trinajstić information content (AvgIpc) is 3.11. The second kappa shape index (κ2) is 9.48. The molecular weight excluding hydrogens is 483 g/mol. The molecule has 3 saturated heterocycles. The van der Waals surface area contributed by atoms with E-state index >= 15 is 0 Å². The molecule has 0 aliphatic carbocycles. The summed E-state index contributed by atoms with van der Waals surface area (Å²) >= 11 is 0. The van der Waals surface area contributed by atoms with Gasteiger partial charge in [-0.25, -0.2) is 13.2 Å². The Morgan fingerprint density at radius 2 is 1.84 bits per heavy atom. The van der Waals surface area contributed by atoms with Gasteiger partial charge in [-0.05, 0) is 38.0 Å². The van der Waals surface area contributed by atoms with E-state index in [0.29, 0.717) is 37.5 Å². The van der Waals surface area contributed by atoms with E-state index in [0.717, 1.165) is 30.0 Å². The number of hydrogen-bond acceptors (Lipinski definition) is 6. The molecule has 0 radical (unpaired) electrons. The van der Waals surface area contributed by atoms with E-state index < -0.39 is 23.8 Å². The molecule has 1 N–H and O–H groups in total. The van der Waals surface area contributed by atoms with E-state index in [1.165, 1.54) is 12.1 Å². The smallest absolute Gasteiger partial charge is 0.266 e. The highest BCUT2D eigenvalue weighted by Gasteiger charge is 2.43. The number of piperazine rings is 1. The predicted octanol–water partition coefficient (Wildman–Crippen LogP) is 4.71. The van der Waals surface area contributed by atoms with Crippen molar-refractivity contribution >= 4 is 28.2 Å². The van der Waals surface area contributed by atoms with Crippen LogP contribution in [-0.4, -0.2) is 59.4 Å². The molecule has 194 valence electrons. The number of hydrogen-bond donors (Lipinski definition) is 1. The van der Waals surface area contributed by atoms with Crippen LogP contribution in [0.2, 0.25) is 0 Å². The van der Waals surface area contributed by atoms with Gasteiger partial charge in [-0.15, -0.1) is 0 Å². The van der Waals surface area contributed by atoms with Gasteiger partial charge in [0.05, 0.1) is 48.1 Å². The van der Waals surface area contributed by atoms with Gasteiger partial charge in [-0.3, -0.25) is 4.79 Å². The lowest BCUT2D eigenvalue weighted by Gasteiger charge is -2.44. The van der Waals surface area contributed by atoms with Gasteiger partial charge in [0.15, 0.2) is 0 Å². The average molecular weight is 512 g/mol. The van der Waals surface area contributed by atoms with Gasteiger partial charge in [-0.2, -0.15) is 10.2 Å². The van der Waals surface area contributed by atoms with E-state index in [2.05, 4.69) is 20.4 Å². The van der Waals surface area contributed by atoms with Crippen molar-refractivity contribution in [2.45, 2.75) is 44.3 Å². The second-order valence-electron chi connectivity index (χ2n) is 10.1. The molecule has 3 fully saturated rings. The van der Waals surface area contributed by atoms with Crippen LogP contribution in [0.25, 0.3) is 10.9 Å². The van der Waals surface area contributed by atoms with Crippen molar-refractivity contribution in [3.63, 3.8) is 0 Å². The van der Waals surface area contributed by atoms with Gasteiger partial charge in [-0.1, -0.05) is 18.2 Å². The van der Waals surface area contributed by atoms with Crippen LogP contribution in [0.3, 0.4) is 0 Å². The van der Waals surface area contributed by atoms with Crippen molar-refractivity contribution in [3.8, 4) is 0 Å². The van der Waals surface area contributed by atoms with Crippen molar-refractivity contribution < 1.29 is 22.7 Å². The number of halogens is 3. The Balaban J connectivity index is 1.26. The third kappa shape index (κ3) is 4.27. The molecule has 2 bridgehead atoms. The molecule has 0 spiro atoms. The number of rotatable bonds is 6. The predicted molar refractivity (Wildman–Crippen MR) is 133 cm³/mol. The van der Waals surface area contributed by atoms with Crippen molar-refractivity contribution in [3.05, 3.63) is 59.5 Å². The van der Waals surface area contributed by atoms with E-state index in [4.69, 9.17) is 4.74 Å². The van der Waals surface area contributed by atoms with Crippen molar-refractivity contribution in [2.24, 2.45) is 5.92 Å². The Hall–Kier alpha value is -3.40. The molecular formula is C27H28F3N5O2. The normalized spacial score (nSPS) is 22.4. The van der Waals surface area contributed by atoms with Crippen LogP contribution in [0.5, 0.6) is 0 Å². The lowest BCUT2D eigenvalue weighted by molar-refractivity contribution is -0.150. The largest absolute Gasteiger partial charge is 0.380 e. The number of nitrogens with zero attached hydrogens (tertiary/aromatic N) is 4. The first kappa shape index (κ1) is 24.0. The lowest BCUT2D eigenvalue weighted by atomic mass is 10.0. The van der Waals surface area contributed by atoms with Gasteiger partial charge in [0.1, 0.15) is 5.82 Å². The summed E-state index contributed by atoms with van der Waals surface area (Å²) in [4.78, 5) is 17.2. The number of aromatic nitrogens is 2. The van der Waals surface area contributed by atoms with Gasteiger partial charge >= 0.3 is 0 Å². The Kier molecular flexibility index (Phi) is 6.14. The SMILES string of the molecule is C[C@@H](Nc1cnnc2ccc(N3C4CCC3CN(C(=O)C3COC3)C4)cc12)c1cccc(C(F)F)c1F. The molecule has 1 amide bonds. The minimum atomic E-state index is -2.88. The van der Waals surface area contributed by atoms with Crippen molar-refractivity contribution in [2.75, 3.05) is 36.5 Å². The third-order valence-corrected chi connectivity index (χ3v) is 7.83. The number of anilines is 2. The molecule has 3 aliphatic heterocycles. The highest BCUT2D eigenvalue weighted by molar-refractivity contribution is 5.93. The Morgan fingerprint density at radius 3 is 2.51 bits per heavy atom. The van der Waals surface area contributed by atoms with Gasteiger partial charge in [0, 0.05) is 41.8 Å². The summed E-state index contributed by atoms with van der Waals surface area (Å²) in [5, 5.41) is 12.4. The topological polar surface area (TPSA) is 70.6 Å². The van der Waals surface area contributed by atoms with Gasteiger partial charge in [0.2, 0.25) is 5.91 Å². The molecule has 4 heterocycles.